The summed E-state index contributed by atoms with van der Waals surface area (Å²) in [4.78, 5) is 5.00. The Kier molecular flexibility index (Phi) is 10.3. The van der Waals surface area contributed by atoms with Crippen molar-refractivity contribution in [2.45, 2.75) is 39.0 Å². The summed E-state index contributed by atoms with van der Waals surface area (Å²) in [6.45, 7) is 10.2. The summed E-state index contributed by atoms with van der Waals surface area (Å²) in [5.74, 6) is 3.05. The number of halogens is 1. The Morgan fingerprint density at radius 2 is 1.84 bits per heavy atom. The minimum Gasteiger partial charge on any atom is -0.497 e. The topological polar surface area (TPSA) is 34.2 Å². The quantitative estimate of drug-likeness (QED) is 0.332. The first-order chi connectivity index (χ1) is 15.2. The lowest BCUT2D eigenvalue weighted by molar-refractivity contribution is 0.121. The van der Waals surface area contributed by atoms with Crippen LogP contribution in [0.4, 0.5) is 5.69 Å². The summed E-state index contributed by atoms with van der Waals surface area (Å²) in [5, 5.41) is 0. The zero-order valence-electron chi connectivity index (χ0n) is 19.3. The van der Waals surface area contributed by atoms with E-state index in [2.05, 4.69) is 28.9 Å². The van der Waals surface area contributed by atoms with Gasteiger partial charge in [0.2, 0.25) is 0 Å². The van der Waals surface area contributed by atoms with Gasteiger partial charge in [-0.15, -0.1) is 11.6 Å². The fraction of sp³-hybridized carbons (Fsp3) is 0.680. The van der Waals surface area contributed by atoms with E-state index in [4.69, 9.17) is 25.8 Å². The van der Waals surface area contributed by atoms with Crippen molar-refractivity contribution in [2.24, 2.45) is 5.92 Å². The number of allylic oxidation sites excluding steroid dienone is 2. The largest absolute Gasteiger partial charge is 0.497 e. The number of para-hydroxylation sites is 2. The number of hydrogen-bond donors (Lipinski definition) is 0. The van der Waals surface area contributed by atoms with Crippen molar-refractivity contribution in [3.05, 3.63) is 35.6 Å². The lowest BCUT2D eigenvalue weighted by Crippen LogP contribution is -2.46. The molecule has 3 rings (SSSR count). The van der Waals surface area contributed by atoms with Crippen LogP contribution in [0.3, 0.4) is 0 Å². The molecular formula is C25H39ClN2O3. The van der Waals surface area contributed by atoms with E-state index >= 15 is 0 Å². The van der Waals surface area contributed by atoms with Crippen LogP contribution in [0.1, 0.15) is 39.0 Å². The maximum absolute atomic E-state index is 6.03. The maximum Gasteiger partial charge on any atom is 0.142 e. The summed E-state index contributed by atoms with van der Waals surface area (Å²) >= 11 is 6.03. The van der Waals surface area contributed by atoms with E-state index in [1.54, 1.807) is 7.11 Å². The normalized spacial score (nSPS) is 20.1. The van der Waals surface area contributed by atoms with Crippen molar-refractivity contribution in [1.29, 1.82) is 0 Å². The zero-order valence-corrected chi connectivity index (χ0v) is 20.0. The van der Waals surface area contributed by atoms with Crippen LogP contribution in [0.15, 0.2) is 35.6 Å². The van der Waals surface area contributed by atoms with E-state index in [0.717, 1.165) is 89.7 Å². The molecule has 0 N–H and O–H groups in total. The molecule has 0 saturated carbocycles. The molecule has 1 atom stereocenters. The molecule has 5 nitrogen and oxygen atoms in total. The van der Waals surface area contributed by atoms with Crippen LogP contribution in [0, 0.1) is 5.92 Å². The highest BCUT2D eigenvalue weighted by molar-refractivity contribution is 6.19. The number of nitrogens with zero attached hydrogens (tertiary/aromatic N) is 2. The average molecular weight is 451 g/mol. The van der Waals surface area contributed by atoms with Gasteiger partial charge in [-0.2, -0.15) is 0 Å². The molecule has 1 saturated heterocycles. The molecule has 1 aromatic carbocycles. The van der Waals surface area contributed by atoms with Crippen molar-refractivity contribution < 1.29 is 14.2 Å². The van der Waals surface area contributed by atoms with Crippen molar-refractivity contribution in [2.75, 3.05) is 70.4 Å². The zero-order chi connectivity index (χ0) is 21.9. The van der Waals surface area contributed by atoms with Gasteiger partial charge in [-0.3, -0.25) is 4.90 Å². The standard InChI is InChI=1S/C25H39ClN2O3/c1-21-11-19-31-25(20-26)22(21)8-7-18-30-17-6-5-12-27-13-15-28(16-14-27)23-9-3-4-10-24(23)29-2/h3-4,9-10,21H,5-8,11-20H2,1-2H3. The molecule has 1 unspecified atom stereocenters. The van der Waals surface area contributed by atoms with Gasteiger partial charge >= 0.3 is 0 Å². The highest BCUT2D eigenvalue weighted by atomic mass is 35.5. The number of unbranched alkanes of at least 4 members (excludes halogenated alkanes) is 1. The summed E-state index contributed by atoms with van der Waals surface area (Å²) in [7, 11) is 1.75. The van der Waals surface area contributed by atoms with Gasteiger partial charge in [-0.05, 0) is 62.3 Å². The van der Waals surface area contributed by atoms with Crippen LogP contribution in [-0.2, 0) is 9.47 Å². The van der Waals surface area contributed by atoms with Gasteiger partial charge in [0.25, 0.3) is 0 Å². The van der Waals surface area contributed by atoms with E-state index in [1.807, 2.05) is 12.1 Å². The predicted molar refractivity (Wildman–Crippen MR) is 128 cm³/mol. The number of benzene rings is 1. The van der Waals surface area contributed by atoms with Crippen LogP contribution < -0.4 is 9.64 Å². The average Bonchev–Trinajstić information content (AvgIpc) is 2.82. The Balaban J connectivity index is 1.23. The highest BCUT2D eigenvalue weighted by Crippen LogP contribution is 2.30. The molecule has 0 aliphatic carbocycles. The van der Waals surface area contributed by atoms with Crippen molar-refractivity contribution in [1.82, 2.24) is 4.90 Å². The first-order valence-corrected chi connectivity index (χ1v) is 12.3. The molecule has 0 aromatic heterocycles. The van der Waals surface area contributed by atoms with E-state index in [9.17, 15) is 0 Å². The lowest BCUT2D eigenvalue weighted by Gasteiger charge is -2.36. The van der Waals surface area contributed by atoms with Gasteiger partial charge < -0.3 is 19.1 Å². The molecule has 174 valence electrons. The van der Waals surface area contributed by atoms with Crippen LogP contribution in [0.5, 0.6) is 5.75 Å². The lowest BCUT2D eigenvalue weighted by atomic mass is 9.91. The third kappa shape index (κ3) is 7.30. The Bertz CT molecular complexity index is 689. The van der Waals surface area contributed by atoms with Gasteiger partial charge in [-0.1, -0.05) is 19.1 Å². The molecule has 0 radical (unpaired) electrons. The fourth-order valence-corrected chi connectivity index (χ4v) is 4.77. The molecule has 2 aliphatic heterocycles. The summed E-state index contributed by atoms with van der Waals surface area (Å²) in [5.41, 5.74) is 2.61. The van der Waals surface area contributed by atoms with Gasteiger partial charge in [-0.25, -0.2) is 0 Å². The number of alkyl halides is 1. The molecule has 6 heteroatoms. The molecule has 31 heavy (non-hydrogen) atoms. The number of ether oxygens (including phenoxy) is 3. The van der Waals surface area contributed by atoms with Crippen molar-refractivity contribution in [3.63, 3.8) is 0 Å². The molecule has 0 spiro atoms. The number of methoxy groups -OCH3 is 1. The molecule has 2 heterocycles. The Hall–Kier alpha value is -1.43. The maximum atomic E-state index is 6.03. The van der Waals surface area contributed by atoms with Crippen molar-refractivity contribution in [3.8, 4) is 5.75 Å². The summed E-state index contributed by atoms with van der Waals surface area (Å²) in [6, 6.07) is 8.31. The minimum absolute atomic E-state index is 0.494. The van der Waals surface area contributed by atoms with E-state index in [1.165, 1.54) is 17.7 Å². The van der Waals surface area contributed by atoms with Crippen LogP contribution in [-0.4, -0.2) is 70.4 Å². The van der Waals surface area contributed by atoms with E-state index in [-0.39, 0.29) is 0 Å². The number of piperazine rings is 1. The van der Waals surface area contributed by atoms with E-state index in [0.29, 0.717) is 11.8 Å². The number of rotatable bonds is 12. The highest BCUT2D eigenvalue weighted by Gasteiger charge is 2.20. The third-order valence-corrected chi connectivity index (χ3v) is 6.69. The van der Waals surface area contributed by atoms with Gasteiger partial charge in [0.05, 0.1) is 25.3 Å². The Morgan fingerprint density at radius 3 is 2.61 bits per heavy atom. The van der Waals surface area contributed by atoms with Crippen LogP contribution >= 0.6 is 11.6 Å². The molecule has 0 bridgehead atoms. The molecular weight excluding hydrogens is 412 g/mol. The predicted octanol–water partition coefficient (Wildman–Crippen LogP) is 4.94. The summed E-state index contributed by atoms with van der Waals surface area (Å²) in [6.07, 6.45) is 5.51. The van der Waals surface area contributed by atoms with E-state index < -0.39 is 0 Å². The van der Waals surface area contributed by atoms with Crippen molar-refractivity contribution >= 4 is 17.3 Å². The first-order valence-electron chi connectivity index (χ1n) is 11.8. The second-order valence-corrected chi connectivity index (χ2v) is 8.81. The monoisotopic (exact) mass is 450 g/mol. The molecule has 1 fully saturated rings. The molecule has 2 aliphatic rings. The van der Waals surface area contributed by atoms with Gasteiger partial charge in [0, 0.05) is 39.4 Å². The minimum atomic E-state index is 0.494. The first kappa shape index (κ1) is 24.2. The smallest absolute Gasteiger partial charge is 0.142 e. The molecule has 1 aromatic rings. The van der Waals surface area contributed by atoms with Crippen LogP contribution in [0.2, 0.25) is 0 Å². The number of hydrogen-bond acceptors (Lipinski definition) is 5. The second-order valence-electron chi connectivity index (χ2n) is 8.54. The second kappa shape index (κ2) is 13.2. The number of anilines is 1. The molecule has 0 amide bonds. The fourth-order valence-electron chi connectivity index (χ4n) is 4.52. The summed E-state index contributed by atoms with van der Waals surface area (Å²) < 4.78 is 17.1. The van der Waals surface area contributed by atoms with Crippen LogP contribution in [0.25, 0.3) is 0 Å². The van der Waals surface area contributed by atoms with Gasteiger partial charge in [0.1, 0.15) is 11.5 Å². The van der Waals surface area contributed by atoms with Gasteiger partial charge in [0.15, 0.2) is 0 Å². The SMILES string of the molecule is COc1ccccc1N1CCN(CCCCOCCCC2=C(CCl)OCCC2C)CC1. The third-order valence-electron chi connectivity index (χ3n) is 6.45. The Morgan fingerprint density at radius 1 is 1.06 bits per heavy atom. The Labute approximate surface area is 193 Å².